The maximum absolute atomic E-state index is 13.2. The molecule has 0 saturated carbocycles. The summed E-state index contributed by atoms with van der Waals surface area (Å²) in [7, 11) is 0. The Balaban J connectivity index is 1.51. The molecule has 0 aromatic carbocycles. The molecule has 1 atom stereocenters. The minimum absolute atomic E-state index is 0.0556. The summed E-state index contributed by atoms with van der Waals surface area (Å²) in [6, 6.07) is 3.05. The first-order valence-electron chi connectivity index (χ1n) is 8.78. The number of hydrogen-bond donors (Lipinski definition) is 2. The molecule has 1 amide bonds. The molecule has 0 spiro atoms. The van der Waals surface area contributed by atoms with Crippen molar-refractivity contribution in [3.63, 3.8) is 0 Å². The van der Waals surface area contributed by atoms with Crippen LogP contribution in [0.4, 0.5) is 10.2 Å². The van der Waals surface area contributed by atoms with Crippen LogP contribution >= 0.6 is 0 Å². The van der Waals surface area contributed by atoms with Gasteiger partial charge >= 0.3 is 0 Å². The molecule has 6 nitrogen and oxygen atoms in total. The van der Waals surface area contributed by atoms with Gasteiger partial charge in [0, 0.05) is 30.8 Å². The first kappa shape index (κ1) is 17.5. The monoisotopic (exact) mass is 345 g/mol. The summed E-state index contributed by atoms with van der Waals surface area (Å²) in [6.07, 6.45) is 6.97. The smallest absolute Gasteiger partial charge is 0.225 e. The number of aromatic nitrogens is 3. The Morgan fingerprint density at radius 1 is 1.32 bits per heavy atom. The molecule has 1 aliphatic rings. The van der Waals surface area contributed by atoms with Crippen molar-refractivity contribution in [3.05, 3.63) is 30.3 Å². The number of H-pyrrole nitrogens is 1. The van der Waals surface area contributed by atoms with Crippen LogP contribution < -0.4 is 5.32 Å². The molecule has 2 aromatic rings. The number of nitrogens with one attached hydrogen (secondary N) is 2. The van der Waals surface area contributed by atoms with Gasteiger partial charge in [0.25, 0.3) is 0 Å². The topological polar surface area (TPSA) is 73.9 Å². The minimum atomic E-state index is -0.413. The standard InChI is InChI=1S/C18H24FN5O/c1-13(12-24-5-3-2-4-6-24)7-18(25)21-17-9-16(22-23-17)14-8-15(19)11-20-10-14/h8-11,13H,2-7,12H2,1H3,(H2,21,22,23,25). The Bertz CT molecular complexity index is 711. The maximum Gasteiger partial charge on any atom is 0.225 e. The Hall–Kier alpha value is -2.28. The first-order valence-corrected chi connectivity index (χ1v) is 8.78. The number of carbonyl (C=O) groups is 1. The molecule has 3 rings (SSSR count). The molecule has 0 bridgehead atoms. The van der Waals surface area contributed by atoms with Crippen LogP contribution in [-0.2, 0) is 4.79 Å². The highest BCUT2D eigenvalue weighted by Gasteiger charge is 2.16. The van der Waals surface area contributed by atoms with Crippen LogP contribution in [0.25, 0.3) is 11.3 Å². The number of likely N-dealkylation sites (tertiary alicyclic amines) is 1. The van der Waals surface area contributed by atoms with Gasteiger partial charge in [-0.3, -0.25) is 14.9 Å². The van der Waals surface area contributed by atoms with E-state index in [9.17, 15) is 9.18 Å². The Morgan fingerprint density at radius 3 is 2.88 bits per heavy atom. The Morgan fingerprint density at radius 2 is 2.12 bits per heavy atom. The Labute approximate surface area is 146 Å². The molecule has 1 unspecified atom stereocenters. The lowest BCUT2D eigenvalue weighted by Gasteiger charge is -2.28. The predicted molar refractivity (Wildman–Crippen MR) is 94.5 cm³/mol. The van der Waals surface area contributed by atoms with Crippen molar-refractivity contribution in [1.82, 2.24) is 20.1 Å². The van der Waals surface area contributed by atoms with Crippen LogP contribution in [0.3, 0.4) is 0 Å². The third kappa shape index (κ3) is 5.09. The fourth-order valence-corrected chi connectivity index (χ4v) is 3.25. The van der Waals surface area contributed by atoms with Gasteiger partial charge in [-0.15, -0.1) is 0 Å². The molecular weight excluding hydrogens is 321 g/mol. The summed E-state index contributed by atoms with van der Waals surface area (Å²) in [5.74, 6) is 0.266. The van der Waals surface area contributed by atoms with E-state index in [2.05, 4.69) is 32.3 Å². The van der Waals surface area contributed by atoms with E-state index in [1.807, 2.05) is 0 Å². The number of halogens is 1. The second-order valence-electron chi connectivity index (χ2n) is 6.78. The number of anilines is 1. The summed E-state index contributed by atoms with van der Waals surface area (Å²) in [4.78, 5) is 18.5. The highest BCUT2D eigenvalue weighted by molar-refractivity contribution is 5.90. The molecule has 2 N–H and O–H groups in total. The zero-order chi connectivity index (χ0) is 17.6. The molecule has 3 heterocycles. The van der Waals surface area contributed by atoms with E-state index in [1.165, 1.54) is 25.3 Å². The normalized spacial score (nSPS) is 16.6. The molecule has 7 heteroatoms. The molecule has 1 fully saturated rings. The summed E-state index contributed by atoms with van der Waals surface area (Å²) in [6.45, 7) is 5.32. The maximum atomic E-state index is 13.2. The lowest BCUT2D eigenvalue weighted by molar-refractivity contribution is -0.117. The van der Waals surface area contributed by atoms with Gasteiger partial charge in [-0.25, -0.2) is 4.39 Å². The fourth-order valence-electron chi connectivity index (χ4n) is 3.25. The zero-order valence-electron chi connectivity index (χ0n) is 14.5. The van der Waals surface area contributed by atoms with Crippen LogP contribution in [0.2, 0.25) is 0 Å². The number of pyridine rings is 1. The van der Waals surface area contributed by atoms with Gasteiger partial charge in [-0.05, 0) is 37.9 Å². The van der Waals surface area contributed by atoms with Crippen molar-refractivity contribution >= 4 is 11.7 Å². The van der Waals surface area contributed by atoms with E-state index < -0.39 is 5.82 Å². The molecule has 0 radical (unpaired) electrons. The molecule has 0 aliphatic carbocycles. The van der Waals surface area contributed by atoms with E-state index in [4.69, 9.17) is 0 Å². The van der Waals surface area contributed by atoms with Crippen LogP contribution in [0, 0.1) is 11.7 Å². The largest absolute Gasteiger partial charge is 0.309 e. The molecule has 2 aromatic heterocycles. The van der Waals surface area contributed by atoms with Gasteiger partial charge in [0.2, 0.25) is 5.91 Å². The van der Waals surface area contributed by atoms with Crippen molar-refractivity contribution in [2.24, 2.45) is 5.92 Å². The summed E-state index contributed by atoms with van der Waals surface area (Å²) < 4.78 is 13.2. The number of carbonyl (C=O) groups excluding carboxylic acids is 1. The van der Waals surface area contributed by atoms with Crippen molar-refractivity contribution in [1.29, 1.82) is 0 Å². The zero-order valence-corrected chi connectivity index (χ0v) is 14.5. The SMILES string of the molecule is CC(CC(=O)Nc1cc(-c2cncc(F)c2)[nH]n1)CN1CCCCC1. The van der Waals surface area contributed by atoms with Gasteiger partial charge in [0.05, 0.1) is 11.9 Å². The third-order valence-electron chi connectivity index (χ3n) is 4.41. The number of piperidine rings is 1. The predicted octanol–water partition coefficient (Wildman–Crippen LogP) is 3.06. The number of amides is 1. The van der Waals surface area contributed by atoms with Crippen molar-refractivity contribution in [2.75, 3.05) is 25.0 Å². The average Bonchev–Trinajstić information content (AvgIpc) is 3.04. The number of nitrogens with zero attached hydrogens (tertiary/aromatic N) is 3. The van der Waals surface area contributed by atoms with Gasteiger partial charge in [0.15, 0.2) is 5.82 Å². The van der Waals surface area contributed by atoms with Gasteiger partial charge < -0.3 is 10.2 Å². The fraction of sp³-hybridized carbons (Fsp3) is 0.500. The number of aromatic amines is 1. The average molecular weight is 345 g/mol. The van der Waals surface area contributed by atoms with Gasteiger partial charge in [-0.2, -0.15) is 5.10 Å². The van der Waals surface area contributed by atoms with Gasteiger partial charge in [0.1, 0.15) is 5.82 Å². The summed E-state index contributed by atoms with van der Waals surface area (Å²) >= 11 is 0. The van der Waals surface area contributed by atoms with E-state index in [0.717, 1.165) is 25.8 Å². The van der Waals surface area contributed by atoms with E-state index in [0.29, 0.717) is 29.4 Å². The van der Waals surface area contributed by atoms with E-state index in [-0.39, 0.29) is 5.91 Å². The molecule has 134 valence electrons. The van der Waals surface area contributed by atoms with Crippen molar-refractivity contribution in [3.8, 4) is 11.3 Å². The number of rotatable bonds is 6. The number of hydrogen-bond acceptors (Lipinski definition) is 4. The summed E-state index contributed by atoms with van der Waals surface area (Å²) in [5, 5.41) is 9.66. The van der Waals surface area contributed by atoms with Crippen LogP contribution in [0.1, 0.15) is 32.6 Å². The van der Waals surface area contributed by atoms with Crippen molar-refractivity contribution < 1.29 is 9.18 Å². The lowest BCUT2D eigenvalue weighted by atomic mass is 10.0. The van der Waals surface area contributed by atoms with Crippen molar-refractivity contribution in [2.45, 2.75) is 32.6 Å². The lowest BCUT2D eigenvalue weighted by Crippen LogP contribution is -2.34. The van der Waals surface area contributed by atoms with Crippen LogP contribution in [-0.4, -0.2) is 45.6 Å². The second-order valence-corrected chi connectivity index (χ2v) is 6.78. The molecular formula is C18H24FN5O. The van der Waals surface area contributed by atoms with E-state index in [1.54, 1.807) is 12.3 Å². The van der Waals surface area contributed by atoms with Gasteiger partial charge in [-0.1, -0.05) is 13.3 Å². The highest BCUT2D eigenvalue weighted by Crippen LogP contribution is 2.20. The van der Waals surface area contributed by atoms with Crippen LogP contribution in [0.15, 0.2) is 24.5 Å². The Kier molecular flexibility index (Phi) is 5.75. The molecule has 25 heavy (non-hydrogen) atoms. The highest BCUT2D eigenvalue weighted by atomic mass is 19.1. The van der Waals surface area contributed by atoms with Crippen LogP contribution in [0.5, 0.6) is 0 Å². The minimum Gasteiger partial charge on any atom is -0.309 e. The molecule has 1 saturated heterocycles. The summed E-state index contributed by atoms with van der Waals surface area (Å²) in [5.41, 5.74) is 1.20. The first-order chi connectivity index (χ1) is 12.1. The van der Waals surface area contributed by atoms with E-state index >= 15 is 0 Å². The molecule has 1 aliphatic heterocycles. The third-order valence-corrected chi connectivity index (χ3v) is 4.41. The second kappa shape index (κ2) is 8.20. The quantitative estimate of drug-likeness (QED) is 0.844.